The Morgan fingerprint density at radius 1 is 0.444 bits per heavy atom. The van der Waals surface area contributed by atoms with Crippen LogP contribution >= 0.6 is 0 Å². The van der Waals surface area contributed by atoms with Crippen LogP contribution in [-0.4, -0.2) is 34.7 Å². The van der Waals surface area contributed by atoms with Gasteiger partial charge in [0.05, 0.1) is 0 Å². The summed E-state index contributed by atoms with van der Waals surface area (Å²) in [4.78, 5) is 0. The zero-order valence-electron chi connectivity index (χ0n) is 4.53. The van der Waals surface area contributed by atoms with Crippen molar-refractivity contribution in [3.8, 4) is 0 Å². The van der Waals surface area contributed by atoms with Gasteiger partial charge in [-0.2, -0.15) is 0 Å². The Morgan fingerprint density at radius 2 is 0.444 bits per heavy atom. The van der Waals surface area contributed by atoms with E-state index in [2.05, 4.69) is 0 Å². The normalized spacial score (nSPS) is 0. The molecule has 0 aliphatic carbocycles. The summed E-state index contributed by atoms with van der Waals surface area (Å²) < 4.78 is 0. The molecule has 0 saturated carbocycles. The molecule has 0 unspecified atom stereocenters. The fraction of sp³-hybridized carbons (Fsp3) is 0. The molecule has 9 heavy (non-hydrogen) atoms. The summed E-state index contributed by atoms with van der Waals surface area (Å²) >= 11 is 0. The molecule has 0 bridgehead atoms. The van der Waals surface area contributed by atoms with Gasteiger partial charge in [-0.1, -0.05) is 0 Å². The Bertz CT molecular complexity index is 17.8. The van der Waals surface area contributed by atoms with Crippen LogP contribution in [0.1, 0.15) is 0 Å². The van der Waals surface area contributed by atoms with Crippen molar-refractivity contribution in [1.29, 1.82) is 0 Å². The van der Waals surface area contributed by atoms with Gasteiger partial charge in [0.25, 0.3) is 0 Å². The van der Waals surface area contributed by atoms with Crippen LogP contribution in [0.2, 0.25) is 0 Å². The van der Waals surface area contributed by atoms with Crippen molar-refractivity contribution in [3.63, 3.8) is 0 Å². The molecule has 0 atom stereocenters. The summed E-state index contributed by atoms with van der Waals surface area (Å²) in [6, 6.07) is 0. The SMILES string of the molecule is [Al+3].[Al+3].[La].[La].[O-2].[O-2].[O-2].[Zr].[Zr]. The molecular formula is Al2La2O3Zr2. The Hall–Kier alpha value is 5.10. The van der Waals surface area contributed by atoms with Crippen LogP contribution in [0.25, 0.3) is 0 Å². The fourth-order valence-corrected chi connectivity index (χ4v) is 0. The summed E-state index contributed by atoms with van der Waals surface area (Å²) in [5.74, 6) is 0. The van der Waals surface area contributed by atoms with Crippen LogP contribution in [0.4, 0.5) is 0 Å². The molecule has 0 aliphatic rings. The first-order valence-electron chi connectivity index (χ1n) is 0. The third-order valence-corrected chi connectivity index (χ3v) is 0. The maximum atomic E-state index is 0. The minimum Gasteiger partial charge on any atom is -2.00 e. The summed E-state index contributed by atoms with van der Waals surface area (Å²) in [5, 5.41) is 0. The quantitative estimate of drug-likeness (QED) is 0.336. The first-order chi connectivity index (χ1) is 0. The molecular weight excluding hydrogens is 562 g/mol. The second-order valence-electron chi connectivity index (χ2n) is 0. The predicted octanol–water partition coefficient (Wildman–Crippen LogP) is -1.12. The summed E-state index contributed by atoms with van der Waals surface area (Å²) in [6.45, 7) is 0. The van der Waals surface area contributed by atoms with Crippen molar-refractivity contribution in [2.24, 2.45) is 0 Å². The van der Waals surface area contributed by atoms with Crippen molar-refractivity contribution >= 4 is 34.7 Å². The third kappa shape index (κ3) is 62.0. The van der Waals surface area contributed by atoms with E-state index in [1.165, 1.54) is 0 Å². The van der Waals surface area contributed by atoms with Crippen LogP contribution in [0.5, 0.6) is 0 Å². The molecule has 38 valence electrons. The van der Waals surface area contributed by atoms with Gasteiger partial charge < -0.3 is 16.4 Å². The predicted molar refractivity (Wildman–Crippen MR) is 13.6 cm³/mol. The number of hydrogen-bond donors (Lipinski definition) is 0. The van der Waals surface area contributed by atoms with Gasteiger partial charge >= 0.3 is 34.7 Å². The molecule has 3 nitrogen and oxygen atoms in total. The molecule has 0 aromatic heterocycles. The minimum absolute atomic E-state index is 0. The van der Waals surface area contributed by atoms with E-state index >= 15 is 0 Å². The molecule has 0 saturated heterocycles. The Kier molecular flexibility index (Phi) is 762. The van der Waals surface area contributed by atoms with E-state index in [-0.39, 0.29) is 175 Å². The monoisotopic (exact) mass is 560 g/mol. The maximum Gasteiger partial charge on any atom is 3.00 e. The van der Waals surface area contributed by atoms with Crippen molar-refractivity contribution in [1.82, 2.24) is 0 Å². The smallest absolute Gasteiger partial charge is 2.00 e. The number of hydrogen-bond acceptors (Lipinski definition) is 0. The molecule has 0 rings (SSSR count). The molecule has 0 aromatic rings. The molecule has 0 spiro atoms. The molecule has 0 aliphatic heterocycles. The average molecular weight is 562 g/mol. The zero-order chi connectivity index (χ0) is 0. The van der Waals surface area contributed by atoms with E-state index < -0.39 is 0 Å². The topological polar surface area (TPSA) is 85.5 Å². The van der Waals surface area contributed by atoms with Gasteiger partial charge in [-0.3, -0.25) is 0 Å². The largest absolute Gasteiger partial charge is 3.00 e. The molecule has 0 N–H and O–H groups in total. The average Bonchev–Trinajstić information content (AvgIpc) is 0. The Morgan fingerprint density at radius 3 is 0.444 bits per heavy atom. The van der Waals surface area contributed by atoms with Crippen LogP contribution in [0, 0.1) is 71.2 Å². The molecule has 0 aromatic carbocycles. The molecule has 9 heteroatoms. The zero-order valence-corrected chi connectivity index (χ0v) is 19.0. The van der Waals surface area contributed by atoms with E-state index in [1.807, 2.05) is 0 Å². The van der Waals surface area contributed by atoms with E-state index in [0.29, 0.717) is 0 Å². The Balaban J connectivity index is 0. The first kappa shape index (κ1) is 93.0. The van der Waals surface area contributed by atoms with E-state index in [9.17, 15) is 0 Å². The van der Waals surface area contributed by atoms with Crippen LogP contribution in [0.15, 0.2) is 0 Å². The van der Waals surface area contributed by atoms with Gasteiger partial charge in [0.1, 0.15) is 0 Å². The second kappa shape index (κ2) is 73.7. The third-order valence-electron chi connectivity index (χ3n) is 0. The molecule has 0 fully saturated rings. The molecule has 0 amide bonds. The van der Waals surface area contributed by atoms with Gasteiger partial charge in [-0.15, -0.1) is 0 Å². The number of rotatable bonds is 0. The van der Waals surface area contributed by atoms with Gasteiger partial charge in [-0.25, -0.2) is 0 Å². The second-order valence-corrected chi connectivity index (χ2v) is 0. The summed E-state index contributed by atoms with van der Waals surface area (Å²) in [5.41, 5.74) is 0. The van der Waals surface area contributed by atoms with Crippen molar-refractivity contribution in [3.05, 3.63) is 0 Å². The van der Waals surface area contributed by atoms with Crippen molar-refractivity contribution in [2.45, 2.75) is 0 Å². The Labute approximate surface area is 170 Å². The van der Waals surface area contributed by atoms with Crippen LogP contribution in [-0.2, 0) is 68.8 Å². The maximum absolute atomic E-state index is 0. The van der Waals surface area contributed by atoms with E-state index in [0.717, 1.165) is 0 Å². The van der Waals surface area contributed by atoms with Crippen LogP contribution < -0.4 is 0 Å². The van der Waals surface area contributed by atoms with Crippen LogP contribution in [0.3, 0.4) is 0 Å². The summed E-state index contributed by atoms with van der Waals surface area (Å²) in [6.07, 6.45) is 0. The standard InChI is InChI=1S/2Al.2La.3O.2Zr/q2*+3;;;3*-2;;. The van der Waals surface area contributed by atoms with Gasteiger partial charge in [0.15, 0.2) is 0 Å². The minimum atomic E-state index is 0. The van der Waals surface area contributed by atoms with Crippen molar-refractivity contribution in [2.75, 3.05) is 0 Å². The molecule has 0 heterocycles. The van der Waals surface area contributed by atoms with Gasteiger partial charge in [0.2, 0.25) is 0 Å². The van der Waals surface area contributed by atoms with E-state index in [1.54, 1.807) is 0 Å². The van der Waals surface area contributed by atoms with Crippen molar-refractivity contribution < 1.29 is 140 Å². The van der Waals surface area contributed by atoms with Gasteiger partial charge in [-0.05, 0) is 0 Å². The molecule has 2 radical (unpaired) electrons. The summed E-state index contributed by atoms with van der Waals surface area (Å²) in [7, 11) is 0. The van der Waals surface area contributed by atoms with Gasteiger partial charge in [0, 0.05) is 124 Å². The first-order valence-corrected chi connectivity index (χ1v) is 0. The van der Waals surface area contributed by atoms with E-state index in [4.69, 9.17) is 0 Å². The fourth-order valence-electron chi connectivity index (χ4n) is 0.